The summed E-state index contributed by atoms with van der Waals surface area (Å²) >= 11 is 12.8. The number of hydrogen-bond acceptors (Lipinski definition) is 9. The molecule has 14 heteroatoms. The third kappa shape index (κ3) is 5.49. The standard InChI is InChI=1S/C43H34BCl2N3O8/c1-57-27-13-10-23(11-14-27)43-33(40(52)49(42(43)54)47-35-18-12-25(45)20-34(35)46)21-32-29(37(43)31-15-9-22-5-2-3-8-28(22)38(31)50)16-17-30-36(32)41(53)48(39(30)51)26-7-4-6-24(19-26)44(55)56/h2-16,18-20,30,32-33,36-37,47,50,55-56H,17,21H2,1H3. The molecule has 5 aromatic carbocycles. The van der Waals surface area contributed by atoms with E-state index < -0.39 is 65.8 Å². The monoisotopic (exact) mass is 801 g/mol. The summed E-state index contributed by atoms with van der Waals surface area (Å²) in [5.41, 5.74) is 3.41. The fraction of sp³-hybridized carbons (Fsp3) is 0.209. The van der Waals surface area contributed by atoms with Gasteiger partial charge in [0.15, 0.2) is 0 Å². The molecular weight excluding hydrogens is 768 g/mol. The number of amides is 4. The number of anilines is 2. The number of ether oxygens (including phenoxy) is 1. The molecule has 2 aliphatic carbocycles. The summed E-state index contributed by atoms with van der Waals surface area (Å²) in [7, 11) is -0.296. The van der Waals surface area contributed by atoms with Crippen LogP contribution in [0.25, 0.3) is 10.8 Å². The fourth-order valence-electron chi connectivity index (χ4n) is 9.77. The minimum absolute atomic E-state index is 0.0171. The van der Waals surface area contributed by atoms with E-state index in [9.17, 15) is 24.7 Å². The fourth-order valence-corrected chi connectivity index (χ4v) is 10.2. The number of phenols is 1. The van der Waals surface area contributed by atoms with Crippen molar-refractivity contribution in [1.29, 1.82) is 0 Å². The zero-order valence-electron chi connectivity index (χ0n) is 30.3. The van der Waals surface area contributed by atoms with Crippen LogP contribution in [0.1, 0.15) is 29.9 Å². The molecule has 57 heavy (non-hydrogen) atoms. The largest absolute Gasteiger partial charge is 0.507 e. The van der Waals surface area contributed by atoms with Gasteiger partial charge in [0, 0.05) is 21.9 Å². The van der Waals surface area contributed by atoms with Crippen LogP contribution in [0.5, 0.6) is 11.5 Å². The highest BCUT2D eigenvalue weighted by molar-refractivity contribution is 6.58. The van der Waals surface area contributed by atoms with Gasteiger partial charge in [-0.2, -0.15) is 5.01 Å². The number of carbonyl (C=O) groups excluding carboxylic acids is 4. The van der Waals surface area contributed by atoms with E-state index in [1.54, 1.807) is 60.7 Å². The Labute approximate surface area is 337 Å². The molecule has 1 saturated carbocycles. The van der Waals surface area contributed by atoms with Crippen LogP contribution in [-0.2, 0) is 24.6 Å². The second kappa shape index (κ2) is 13.8. The number of methoxy groups -OCH3 is 1. The number of phenolic OH excluding ortho intramolecular Hbond substituents is 1. The molecule has 0 spiro atoms. The molecule has 4 aliphatic rings. The molecule has 5 aromatic rings. The third-order valence-electron chi connectivity index (χ3n) is 12.2. The minimum atomic E-state index is -1.82. The van der Waals surface area contributed by atoms with Crippen molar-refractivity contribution in [2.24, 2.45) is 23.7 Å². The Bertz CT molecular complexity index is 2570. The van der Waals surface area contributed by atoms with Crippen LogP contribution in [0.2, 0.25) is 10.0 Å². The van der Waals surface area contributed by atoms with E-state index >= 15 is 9.59 Å². The number of imide groups is 2. The van der Waals surface area contributed by atoms with Gasteiger partial charge in [-0.3, -0.25) is 29.5 Å². The Morgan fingerprint density at radius 2 is 1.61 bits per heavy atom. The second-order valence-corrected chi connectivity index (χ2v) is 15.8. The number of hydrazine groups is 1. The lowest BCUT2D eigenvalue weighted by Crippen LogP contribution is -2.53. The van der Waals surface area contributed by atoms with Crippen molar-refractivity contribution in [2.75, 3.05) is 17.4 Å². The normalized spacial score (nSPS) is 25.3. The van der Waals surface area contributed by atoms with Gasteiger partial charge in [-0.05, 0) is 77.6 Å². The average Bonchev–Trinajstić information content (AvgIpc) is 3.60. The average molecular weight is 802 g/mol. The van der Waals surface area contributed by atoms with Crippen LogP contribution in [0, 0.1) is 23.7 Å². The van der Waals surface area contributed by atoms with E-state index in [1.807, 2.05) is 24.3 Å². The summed E-state index contributed by atoms with van der Waals surface area (Å²) in [6, 6.07) is 28.5. The first kappa shape index (κ1) is 37.0. The molecule has 3 fully saturated rings. The van der Waals surface area contributed by atoms with Gasteiger partial charge in [-0.1, -0.05) is 95.5 Å². The van der Waals surface area contributed by atoms with Crippen molar-refractivity contribution in [3.63, 3.8) is 0 Å². The number of hydrogen-bond donors (Lipinski definition) is 4. The maximum Gasteiger partial charge on any atom is 0.488 e. The molecule has 286 valence electrons. The van der Waals surface area contributed by atoms with Crippen LogP contribution in [0.15, 0.2) is 115 Å². The SMILES string of the molecule is COc1ccc(C23C(=O)N(Nc4ccc(Cl)cc4Cl)C(=O)C2CC2C(=CCC4C(=O)N(c5cccc(B(O)O)c5)C(=O)C42)C3c2ccc3ccccc3c2O)cc1. The molecule has 0 radical (unpaired) electrons. The predicted molar refractivity (Wildman–Crippen MR) is 215 cm³/mol. The number of allylic oxidation sites excluding steroid dienone is 2. The number of carbonyl (C=O) groups is 4. The Hall–Kier alpha value is -5.66. The van der Waals surface area contributed by atoms with Gasteiger partial charge in [0.25, 0.3) is 11.8 Å². The first-order valence-corrected chi connectivity index (χ1v) is 19.2. The first-order valence-electron chi connectivity index (χ1n) is 18.4. The number of halogens is 2. The highest BCUT2D eigenvalue weighted by Gasteiger charge is 2.70. The maximum atomic E-state index is 15.6. The van der Waals surface area contributed by atoms with Crippen LogP contribution >= 0.6 is 23.2 Å². The summed E-state index contributed by atoms with van der Waals surface area (Å²) in [6.07, 6.45) is 2.07. The zero-order valence-corrected chi connectivity index (χ0v) is 31.8. The van der Waals surface area contributed by atoms with Gasteiger partial charge < -0.3 is 19.9 Å². The summed E-state index contributed by atoms with van der Waals surface area (Å²) < 4.78 is 5.48. The van der Waals surface area contributed by atoms with Gasteiger partial charge in [0.1, 0.15) is 11.5 Å². The molecule has 4 N–H and O–H groups in total. The van der Waals surface area contributed by atoms with Gasteiger partial charge in [0.2, 0.25) is 11.8 Å². The molecule has 9 rings (SSSR count). The predicted octanol–water partition coefficient (Wildman–Crippen LogP) is 5.73. The number of nitrogens with zero attached hydrogens (tertiary/aromatic N) is 2. The van der Waals surface area contributed by atoms with E-state index in [2.05, 4.69) is 5.43 Å². The highest BCUT2D eigenvalue weighted by Crippen LogP contribution is 2.65. The van der Waals surface area contributed by atoms with Crippen LogP contribution in [-0.4, -0.2) is 58.0 Å². The van der Waals surface area contributed by atoms with Crippen LogP contribution in [0.4, 0.5) is 11.4 Å². The number of benzene rings is 5. The van der Waals surface area contributed by atoms with Crippen LogP contribution in [0.3, 0.4) is 0 Å². The Morgan fingerprint density at radius 1 is 0.842 bits per heavy atom. The van der Waals surface area contributed by atoms with E-state index in [4.69, 9.17) is 27.9 Å². The molecule has 6 unspecified atom stereocenters. The summed E-state index contributed by atoms with van der Waals surface area (Å²) in [5.74, 6) is -6.17. The van der Waals surface area contributed by atoms with Crippen molar-refractivity contribution in [3.05, 3.63) is 136 Å². The third-order valence-corrected chi connectivity index (χ3v) is 12.8. The summed E-state index contributed by atoms with van der Waals surface area (Å²) in [4.78, 5) is 60.6. The number of nitrogens with one attached hydrogen (secondary N) is 1. The van der Waals surface area contributed by atoms with Crippen molar-refractivity contribution in [3.8, 4) is 11.5 Å². The molecule has 2 aliphatic heterocycles. The molecule has 2 heterocycles. The molecule has 4 amide bonds. The van der Waals surface area contributed by atoms with E-state index in [0.717, 1.165) is 15.3 Å². The van der Waals surface area contributed by atoms with Gasteiger partial charge in [0.05, 0.1) is 46.7 Å². The van der Waals surface area contributed by atoms with Crippen LogP contribution < -0.4 is 20.5 Å². The van der Waals surface area contributed by atoms with Gasteiger partial charge in [-0.15, -0.1) is 0 Å². The quantitative estimate of drug-likeness (QED) is 0.0918. The van der Waals surface area contributed by atoms with E-state index in [-0.39, 0.29) is 40.5 Å². The molecule has 11 nitrogen and oxygen atoms in total. The molecular formula is C43H34BCl2N3O8. The van der Waals surface area contributed by atoms with Crippen molar-refractivity contribution < 1.29 is 39.1 Å². The zero-order chi connectivity index (χ0) is 39.9. The minimum Gasteiger partial charge on any atom is -0.507 e. The van der Waals surface area contributed by atoms with Gasteiger partial charge in [-0.25, -0.2) is 0 Å². The summed E-state index contributed by atoms with van der Waals surface area (Å²) in [6.45, 7) is 0. The number of aromatic hydroxyl groups is 1. The van der Waals surface area contributed by atoms with Crippen molar-refractivity contribution in [2.45, 2.75) is 24.2 Å². The van der Waals surface area contributed by atoms with Crippen molar-refractivity contribution >= 4 is 81.6 Å². The lowest BCUT2D eigenvalue weighted by Gasteiger charge is -2.50. The summed E-state index contributed by atoms with van der Waals surface area (Å²) in [5, 5.41) is 34.8. The first-order chi connectivity index (χ1) is 27.4. The Morgan fingerprint density at radius 3 is 2.35 bits per heavy atom. The van der Waals surface area contributed by atoms with Crippen molar-refractivity contribution in [1.82, 2.24) is 5.01 Å². The lowest BCUT2D eigenvalue weighted by atomic mass is 9.49. The lowest BCUT2D eigenvalue weighted by molar-refractivity contribution is -0.138. The number of fused-ring (bicyclic) bond motifs is 5. The topological polar surface area (TPSA) is 157 Å². The highest BCUT2D eigenvalue weighted by atomic mass is 35.5. The van der Waals surface area contributed by atoms with E-state index in [1.165, 1.54) is 31.4 Å². The molecule has 0 bridgehead atoms. The molecule has 6 atom stereocenters. The van der Waals surface area contributed by atoms with Gasteiger partial charge >= 0.3 is 7.12 Å². The molecule has 0 aromatic heterocycles. The number of rotatable bonds is 7. The Balaban J connectivity index is 1.26. The maximum absolute atomic E-state index is 15.6. The smallest absolute Gasteiger partial charge is 0.488 e. The molecule has 2 saturated heterocycles. The Kier molecular flexibility index (Phi) is 8.93. The second-order valence-electron chi connectivity index (χ2n) is 14.9. The van der Waals surface area contributed by atoms with E-state index in [0.29, 0.717) is 32.9 Å².